The van der Waals surface area contributed by atoms with Gasteiger partial charge in [-0.3, -0.25) is 4.40 Å². The highest BCUT2D eigenvalue weighted by molar-refractivity contribution is 5.68. The zero-order valence-electron chi connectivity index (χ0n) is 11.2. The van der Waals surface area contributed by atoms with Crippen molar-refractivity contribution in [2.24, 2.45) is 5.92 Å². The fraction of sp³-hybridized carbons (Fsp3) is 0.571. The van der Waals surface area contributed by atoms with Gasteiger partial charge in [-0.2, -0.15) is 0 Å². The molecule has 0 atom stereocenters. The van der Waals surface area contributed by atoms with Crippen LogP contribution < -0.4 is 5.73 Å². The van der Waals surface area contributed by atoms with Gasteiger partial charge in [-0.25, -0.2) is 9.97 Å². The number of aryl methyl sites for hydroxylation is 1. The lowest BCUT2D eigenvalue weighted by Gasteiger charge is -2.26. The van der Waals surface area contributed by atoms with E-state index in [-0.39, 0.29) is 0 Å². The predicted octanol–water partition coefficient (Wildman–Crippen LogP) is 1.89. The summed E-state index contributed by atoms with van der Waals surface area (Å²) < 4.78 is 2.08. The number of nitrogens with two attached hydrogens (primary N) is 1. The highest BCUT2D eigenvalue weighted by atomic mass is 16.3. The minimum absolute atomic E-state index is 0.310. The van der Waals surface area contributed by atoms with Crippen LogP contribution in [0.3, 0.4) is 0 Å². The number of fused-ring (bicyclic) bond motifs is 1. The van der Waals surface area contributed by atoms with Crippen molar-refractivity contribution >= 4 is 11.3 Å². The first-order valence-corrected chi connectivity index (χ1v) is 6.90. The zero-order valence-corrected chi connectivity index (χ0v) is 11.2. The second kappa shape index (κ2) is 4.81. The lowest BCUT2D eigenvalue weighted by molar-refractivity contribution is 0.181. The average molecular weight is 260 g/mol. The van der Waals surface area contributed by atoms with Gasteiger partial charge in [-0.05, 0) is 38.5 Å². The van der Waals surface area contributed by atoms with Gasteiger partial charge < -0.3 is 10.8 Å². The van der Waals surface area contributed by atoms with Crippen molar-refractivity contribution in [2.45, 2.75) is 38.5 Å². The van der Waals surface area contributed by atoms with Crippen LogP contribution in [-0.4, -0.2) is 26.1 Å². The summed E-state index contributed by atoms with van der Waals surface area (Å²) in [5.41, 5.74) is 7.82. The van der Waals surface area contributed by atoms with Gasteiger partial charge in [0.25, 0.3) is 0 Å². The number of rotatable bonds is 2. The van der Waals surface area contributed by atoms with Crippen molar-refractivity contribution in [3.05, 3.63) is 23.9 Å². The second-order valence-electron chi connectivity index (χ2n) is 5.49. The second-order valence-corrected chi connectivity index (χ2v) is 5.49. The summed E-state index contributed by atoms with van der Waals surface area (Å²) in [7, 11) is 0. The molecular weight excluding hydrogens is 240 g/mol. The molecule has 3 N–H and O–H groups in total. The number of imidazole rings is 1. The molecule has 1 saturated carbocycles. The zero-order chi connectivity index (χ0) is 13.4. The minimum atomic E-state index is 0.310. The van der Waals surface area contributed by atoms with Crippen LogP contribution >= 0.6 is 0 Å². The van der Waals surface area contributed by atoms with E-state index in [9.17, 15) is 5.11 Å². The van der Waals surface area contributed by atoms with E-state index in [0.717, 1.165) is 42.7 Å². The molecule has 0 amide bonds. The Morgan fingerprint density at radius 2 is 2.11 bits per heavy atom. The molecule has 2 heterocycles. The molecule has 19 heavy (non-hydrogen) atoms. The molecule has 0 radical (unpaired) electrons. The maximum absolute atomic E-state index is 9.21. The molecule has 1 aliphatic carbocycles. The number of hydrogen-bond acceptors (Lipinski definition) is 4. The van der Waals surface area contributed by atoms with Crippen molar-refractivity contribution < 1.29 is 5.11 Å². The van der Waals surface area contributed by atoms with Crippen LogP contribution in [0.1, 0.15) is 43.1 Å². The SMILES string of the molecule is Cc1nc(C2CCC(CO)CC2)n2ccnc(N)c12. The summed E-state index contributed by atoms with van der Waals surface area (Å²) in [6, 6.07) is 0. The molecule has 0 spiro atoms. The van der Waals surface area contributed by atoms with Crippen LogP contribution in [-0.2, 0) is 0 Å². The first kappa shape index (κ1) is 12.4. The summed E-state index contributed by atoms with van der Waals surface area (Å²) in [5.74, 6) is 2.57. The maximum Gasteiger partial charge on any atom is 0.149 e. The number of nitrogen functional groups attached to an aromatic ring is 1. The summed E-state index contributed by atoms with van der Waals surface area (Å²) in [5, 5.41) is 9.21. The monoisotopic (exact) mass is 260 g/mol. The van der Waals surface area contributed by atoms with Gasteiger partial charge in [0, 0.05) is 24.9 Å². The molecule has 1 fully saturated rings. The van der Waals surface area contributed by atoms with Crippen molar-refractivity contribution in [1.82, 2.24) is 14.4 Å². The van der Waals surface area contributed by atoms with Crippen LogP contribution in [0.2, 0.25) is 0 Å². The Morgan fingerprint density at radius 1 is 1.37 bits per heavy atom. The Balaban J connectivity index is 1.96. The van der Waals surface area contributed by atoms with Crippen LogP contribution in [0.25, 0.3) is 5.52 Å². The van der Waals surface area contributed by atoms with E-state index in [1.807, 2.05) is 13.1 Å². The summed E-state index contributed by atoms with van der Waals surface area (Å²) >= 11 is 0. The maximum atomic E-state index is 9.21. The first-order valence-electron chi connectivity index (χ1n) is 6.90. The lowest BCUT2D eigenvalue weighted by Crippen LogP contribution is -2.17. The van der Waals surface area contributed by atoms with Gasteiger partial charge in [0.1, 0.15) is 17.2 Å². The number of anilines is 1. The lowest BCUT2D eigenvalue weighted by atomic mass is 9.82. The molecular formula is C14H20N4O. The molecule has 0 unspecified atom stereocenters. The predicted molar refractivity (Wildman–Crippen MR) is 73.9 cm³/mol. The number of aliphatic hydroxyl groups excluding tert-OH is 1. The highest BCUT2D eigenvalue weighted by Crippen LogP contribution is 2.36. The molecule has 102 valence electrons. The van der Waals surface area contributed by atoms with Crippen molar-refractivity contribution in [3.8, 4) is 0 Å². The molecule has 5 nitrogen and oxygen atoms in total. The van der Waals surface area contributed by atoms with E-state index in [2.05, 4.69) is 9.38 Å². The van der Waals surface area contributed by atoms with Crippen molar-refractivity contribution in [1.29, 1.82) is 0 Å². The molecule has 0 saturated heterocycles. The van der Waals surface area contributed by atoms with E-state index in [1.165, 1.54) is 0 Å². The van der Waals surface area contributed by atoms with E-state index >= 15 is 0 Å². The molecule has 0 aromatic carbocycles. The fourth-order valence-corrected chi connectivity index (χ4v) is 3.16. The molecule has 2 aromatic heterocycles. The smallest absolute Gasteiger partial charge is 0.149 e. The quantitative estimate of drug-likeness (QED) is 0.864. The van der Waals surface area contributed by atoms with Crippen LogP contribution in [0.4, 0.5) is 5.82 Å². The van der Waals surface area contributed by atoms with Crippen LogP contribution in [0.15, 0.2) is 12.4 Å². The Kier molecular flexibility index (Phi) is 3.14. The first-order chi connectivity index (χ1) is 9.20. The Morgan fingerprint density at radius 3 is 2.79 bits per heavy atom. The summed E-state index contributed by atoms with van der Waals surface area (Å²) in [6.45, 7) is 2.29. The molecule has 0 bridgehead atoms. The van der Waals surface area contributed by atoms with E-state index in [0.29, 0.717) is 24.3 Å². The fourth-order valence-electron chi connectivity index (χ4n) is 3.16. The Hall–Kier alpha value is -1.62. The topological polar surface area (TPSA) is 76.4 Å². The molecule has 3 rings (SSSR count). The van der Waals surface area contributed by atoms with Gasteiger partial charge in [0.05, 0.1) is 5.69 Å². The van der Waals surface area contributed by atoms with Crippen LogP contribution in [0.5, 0.6) is 0 Å². The van der Waals surface area contributed by atoms with Gasteiger partial charge in [-0.1, -0.05) is 0 Å². The number of aliphatic hydroxyl groups is 1. The summed E-state index contributed by atoms with van der Waals surface area (Å²) in [6.07, 6.45) is 8.01. The number of hydrogen-bond donors (Lipinski definition) is 2. The molecule has 1 aliphatic rings. The number of nitrogens with zero attached hydrogens (tertiary/aromatic N) is 3. The van der Waals surface area contributed by atoms with Gasteiger partial charge in [0.15, 0.2) is 0 Å². The van der Waals surface area contributed by atoms with E-state index in [1.54, 1.807) is 6.20 Å². The Labute approximate surface area is 112 Å². The third-order valence-corrected chi connectivity index (χ3v) is 4.25. The van der Waals surface area contributed by atoms with E-state index in [4.69, 9.17) is 10.7 Å². The molecule has 2 aromatic rings. The summed E-state index contributed by atoms with van der Waals surface area (Å²) in [4.78, 5) is 8.84. The minimum Gasteiger partial charge on any atom is -0.396 e. The molecule has 5 heteroatoms. The standard InChI is InChI=1S/C14H20N4O/c1-9-12-13(15)16-6-7-18(12)14(17-9)11-4-2-10(8-19)3-5-11/h6-7,10-11,19H,2-5,8H2,1H3,(H2,15,16). The van der Waals surface area contributed by atoms with Crippen LogP contribution in [0, 0.1) is 12.8 Å². The van der Waals surface area contributed by atoms with Gasteiger partial charge in [0.2, 0.25) is 0 Å². The van der Waals surface area contributed by atoms with Gasteiger partial charge >= 0.3 is 0 Å². The van der Waals surface area contributed by atoms with Crippen molar-refractivity contribution in [3.63, 3.8) is 0 Å². The number of aromatic nitrogens is 3. The normalized spacial score (nSPS) is 23.9. The molecule has 0 aliphatic heterocycles. The van der Waals surface area contributed by atoms with Crippen molar-refractivity contribution in [2.75, 3.05) is 12.3 Å². The largest absolute Gasteiger partial charge is 0.396 e. The van der Waals surface area contributed by atoms with E-state index < -0.39 is 0 Å². The Bertz CT molecular complexity index is 584. The third-order valence-electron chi connectivity index (χ3n) is 4.25. The third kappa shape index (κ3) is 2.08. The average Bonchev–Trinajstić information content (AvgIpc) is 2.78. The van der Waals surface area contributed by atoms with Gasteiger partial charge in [-0.15, -0.1) is 0 Å². The highest BCUT2D eigenvalue weighted by Gasteiger charge is 2.26.